The number of carboxylic acids is 1. The topological polar surface area (TPSA) is 94.0 Å². The third kappa shape index (κ3) is 1.93. The molecular formula is C14H16N4O2. The molecule has 0 spiro atoms. The molecule has 20 heavy (non-hydrogen) atoms. The van der Waals surface area contributed by atoms with Crippen molar-refractivity contribution in [3.63, 3.8) is 0 Å². The van der Waals surface area contributed by atoms with Crippen LogP contribution in [0, 0.1) is 6.92 Å². The first-order valence-electron chi connectivity index (χ1n) is 6.57. The number of aliphatic carboxylic acids is 1. The summed E-state index contributed by atoms with van der Waals surface area (Å²) < 4.78 is 1.47. The van der Waals surface area contributed by atoms with Crippen LogP contribution in [0.5, 0.6) is 0 Å². The highest BCUT2D eigenvalue weighted by Crippen LogP contribution is 2.38. The van der Waals surface area contributed by atoms with Gasteiger partial charge in [-0.05, 0) is 24.5 Å². The van der Waals surface area contributed by atoms with Gasteiger partial charge in [-0.15, -0.1) is 5.10 Å². The van der Waals surface area contributed by atoms with Gasteiger partial charge in [0, 0.05) is 12.3 Å². The van der Waals surface area contributed by atoms with Gasteiger partial charge in [-0.3, -0.25) is 0 Å². The molecule has 1 aromatic carbocycles. The summed E-state index contributed by atoms with van der Waals surface area (Å²) in [6, 6.07) is 7.13. The first kappa shape index (κ1) is 12.7. The smallest absolute Gasteiger partial charge is 0.329 e. The third-order valence-corrected chi connectivity index (χ3v) is 3.88. The van der Waals surface area contributed by atoms with Crippen molar-refractivity contribution >= 4 is 11.9 Å². The molecule has 6 heteroatoms. The second-order valence-electron chi connectivity index (χ2n) is 5.12. The Bertz CT molecular complexity index is 665. The molecule has 0 fully saturated rings. The molecule has 0 bridgehead atoms. The van der Waals surface area contributed by atoms with Crippen molar-refractivity contribution in [3.8, 4) is 0 Å². The molecule has 0 aliphatic carbocycles. The van der Waals surface area contributed by atoms with Crippen molar-refractivity contribution in [2.75, 3.05) is 5.73 Å². The predicted octanol–water partition coefficient (Wildman–Crippen LogP) is 1.52. The van der Waals surface area contributed by atoms with Crippen molar-refractivity contribution in [2.24, 2.45) is 0 Å². The van der Waals surface area contributed by atoms with E-state index in [-0.39, 0.29) is 11.9 Å². The number of nitrogens with zero attached hydrogens (tertiary/aromatic N) is 3. The summed E-state index contributed by atoms with van der Waals surface area (Å²) in [4.78, 5) is 15.8. The molecule has 1 aromatic heterocycles. The molecular weight excluding hydrogens is 256 g/mol. The number of carbonyl (C=O) groups is 1. The molecule has 104 valence electrons. The minimum absolute atomic E-state index is 0.109. The highest BCUT2D eigenvalue weighted by atomic mass is 16.4. The van der Waals surface area contributed by atoms with Crippen LogP contribution in [-0.4, -0.2) is 25.8 Å². The van der Waals surface area contributed by atoms with Gasteiger partial charge in [-0.2, -0.15) is 4.98 Å². The lowest BCUT2D eigenvalue weighted by Gasteiger charge is -2.30. The molecule has 6 nitrogen and oxygen atoms in total. The quantitative estimate of drug-likeness (QED) is 0.864. The number of carboxylic acid groups (broad SMARTS) is 1. The monoisotopic (exact) mass is 272 g/mol. The minimum Gasteiger partial charge on any atom is -0.480 e. The Morgan fingerprint density at radius 3 is 2.90 bits per heavy atom. The molecule has 3 N–H and O–H groups in total. The zero-order valence-corrected chi connectivity index (χ0v) is 11.2. The molecule has 2 atom stereocenters. The summed E-state index contributed by atoms with van der Waals surface area (Å²) in [5, 5.41) is 13.6. The van der Waals surface area contributed by atoms with E-state index in [1.807, 2.05) is 31.2 Å². The third-order valence-electron chi connectivity index (χ3n) is 3.88. The van der Waals surface area contributed by atoms with Crippen molar-refractivity contribution in [2.45, 2.75) is 31.7 Å². The normalized spacial score (nSPS) is 21.4. The average Bonchev–Trinajstić information content (AvgIpc) is 2.78. The SMILES string of the molecule is Cc1ccccc1C1CCc2nc(N)nn2C1C(=O)O. The zero-order valence-electron chi connectivity index (χ0n) is 11.2. The van der Waals surface area contributed by atoms with Gasteiger partial charge in [0.25, 0.3) is 0 Å². The van der Waals surface area contributed by atoms with Crippen LogP contribution in [0.4, 0.5) is 5.95 Å². The van der Waals surface area contributed by atoms with Crippen LogP contribution in [-0.2, 0) is 11.2 Å². The summed E-state index contributed by atoms with van der Waals surface area (Å²) in [6.45, 7) is 2.00. The number of hydrogen-bond donors (Lipinski definition) is 2. The Morgan fingerprint density at radius 2 is 2.20 bits per heavy atom. The molecule has 2 heterocycles. The molecule has 2 unspecified atom stereocenters. The van der Waals surface area contributed by atoms with Gasteiger partial charge >= 0.3 is 5.97 Å². The van der Waals surface area contributed by atoms with E-state index < -0.39 is 12.0 Å². The van der Waals surface area contributed by atoms with Crippen LogP contribution < -0.4 is 5.73 Å². The largest absolute Gasteiger partial charge is 0.480 e. The van der Waals surface area contributed by atoms with Crippen LogP contribution >= 0.6 is 0 Å². The van der Waals surface area contributed by atoms with E-state index in [2.05, 4.69) is 10.1 Å². The summed E-state index contributed by atoms with van der Waals surface area (Å²) in [7, 11) is 0. The highest BCUT2D eigenvalue weighted by Gasteiger charge is 2.38. The fourth-order valence-electron chi connectivity index (χ4n) is 2.99. The Labute approximate surface area is 116 Å². The number of hydrogen-bond acceptors (Lipinski definition) is 4. The van der Waals surface area contributed by atoms with E-state index in [0.29, 0.717) is 12.2 Å². The number of nitrogens with two attached hydrogens (primary N) is 1. The molecule has 3 rings (SSSR count). The second-order valence-corrected chi connectivity index (χ2v) is 5.12. The predicted molar refractivity (Wildman–Crippen MR) is 73.3 cm³/mol. The molecule has 1 aliphatic heterocycles. The molecule has 0 saturated heterocycles. The number of anilines is 1. The number of aromatic nitrogens is 3. The number of nitrogen functional groups attached to an aromatic ring is 1. The Kier molecular flexibility index (Phi) is 2.93. The van der Waals surface area contributed by atoms with Gasteiger partial charge in [-0.1, -0.05) is 24.3 Å². The van der Waals surface area contributed by atoms with E-state index >= 15 is 0 Å². The van der Waals surface area contributed by atoms with Gasteiger partial charge in [0.1, 0.15) is 5.82 Å². The summed E-state index contributed by atoms with van der Waals surface area (Å²) >= 11 is 0. The molecule has 1 aliphatic rings. The Hall–Kier alpha value is -2.37. The molecule has 0 amide bonds. The average molecular weight is 272 g/mol. The maximum absolute atomic E-state index is 11.7. The zero-order chi connectivity index (χ0) is 14.3. The minimum atomic E-state index is -0.899. The lowest BCUT2D eigenvalue weighted by atomic mass is 9.83. The van der Waals surface area contributed by atoms with Gasteiger partial charge < -0.3 is 10.8 Å². The van der Waals surface area contributed by atoms with Crippen molar-refractivity contribution in [1.82, 2.24) is 14.8 Å². The first-order chi connectivity index (χ1) is 9.58. The molecule has 2 aromatic rings. The van der Waals surface area contributed by atoms with E-state index in [1.165, 1.54) is 4.68 Å². The van der Waals surface area contributed by atoms with Gasteiger partial charge in [0.15, 0.2) is 6.04 Å². The number of rotatable bonds is 2. The van der Waals surface area contributed by atoms with Crippen LogP contribution in [0.25, 0.3) is 0 Å². The van der Waals surface area contributed by atoms with Gasteiger partial charge in [-0.25, -0.2) is 9.48 Å². The first-order valence-corrected chi connectivity index (χ1v) is 6.57. The van der Waals surface area contributed by atoms with Crippen LogP contribution in [0.1, 0.15) is 35.3 Å². The number of fused-ring (bicyclic) bond motifs is 1. The lowest BCUT2D eigenvalue weighted by Crippen LogP contribution is -2.32. The maximum Gasteiger partial charge on any atom is 0.329 e. The Morgan fingerprint density at radius 1 is 1.45 bits per heavy atom. The van der Waals surface area contributed by atoms with Crippen molar-refractivity contribution in [1.29, 1.82) is 0 Å². The van der Waals surface area contributed by atoms with Crippen molar-refractivity contribution < 1.29 is 9.90 Å². The van der Waals surface area contributed by atoms with E-state index in [9.17, 15) is 9.90 Å². The van der Waals surface area contributed by atoms with E-state index in [0.717, 1.165) is 17.5 Å². The number of benzene rings is 1. The Balaban J connectivity index is 2.09. The highest BCUT2D eigenvalue weighted by molar-refractivity contribution is 5.73. The molecule has 0 saturated carbocycles. The summed E-state index contributed by atoms with van der Waals surface area (Å²) in [6.07, 6.45) is 1.42. The van der Waals surface area contributed by atoms with Crippen LogP contribution in [0.3, 0.4) is 0 Å². The number of aryl methyl sites for hydroxylation is 2. The van der Waals surface area contributed by atoms with Crippen LogP contribution in [0.2, 0.25) is 0 Å². The standard InChI is InChI=1S/C14H16N4O2/c1-8-4-2-3-5-9(8)10-6-7-11-16-14(15)17-18(11)12(10)13(19)20/h2-5,10,12H,6-7H2,1H3,(H2,15,17)(H,19,20). The van der Waals surface area contributed by atoms with Crippen molar-refractivity contribution in [3.05, 3.63) is 41.2 Å². The summed E-state index contributed by atoms with van der Waals surface area (Å²) in [5.41, 5.74) is 7.75. The van der Waals surface area contributed by atoms with E-state index in [4.69, 9.17) is 5.73 Å². The molecule has 0 radical (unpaired) electrons. The fourth-order valence-corrected chi connectivity index (χ4v) is 2.99. The maximum atomic E-state index is 11.7. The van der Waals surface area contributed by atoms with E-state index in [1.54, 1.807) is 0 Å². The summed E-state index contributed by atoms with van der Waals surface area (Å²) in [5.74, 6) is -0.220. The van der Waals surface area contributed by atoms with Gasteiger partial charge in [0.05, 0.1) is 0 Å². The van der Waals surface area contributed by atoms with Crippen LogP contribution in [0.15, 0.2) is 24.3 Å². The van der Waals surface area contributed by atoms with Gasteiger partial charge in [0.2, 0.25) is 5.95 Å². The second kappa shape index (κ2) is 4.63. The fraction of sp³-hybridized carbons (Fsp3) is 0.357. The lowest BCUT2D eigenvalue weighted by molar-refractivity contribution is -0.142.